The molecule has 0 unspecified atom stereocenters. The Bertz CT molecular complexity index is 674. The smallest absolute Gasteiger partial charge is 0.138 e. The summed E-state index contributed by atoms with van der Waals surface area (Å²) >= 11 is 1.82. The van der Waals surface area contributed by atoms with Crippen LogP contribution in [-0.4, -0.2) is 40.1 Å². The summed E-state index contributed by atoms with van der Waals surface area (Å²) < 4.78 is 4.56. The number of aromatic nitrogens is 2. The maximum atomic E-state index is 4.68. The minimum absolute atomic E-state index is 0.943. The molecule has 0 amide bonds. The molecule has 0 atom stereocenters. The summed E-state index contributed by atoms with van der Waals surface area (Å²) in [6.07, 6.45) is 8.75. The summed E-state index contributed by atoms with van der Waals surface area (Å²) in [4.78, 5) is 4.68. The van der Waals surface area contributed by atoms with E-state index in [4.69, 9.17) is 0 Å². The summed E-state index contributed by atoms with van der Waals surface area (Å²) in [5.41, 5.74) is 4.89. The van der Waals surface area contributed by atoms with Crippen molar-refractivity contribution in [1.29, 1.82) is 0 Å². The van der Waals surface area contributed by atoms with Crippen LogP contribution >= 0.6 is 11.9 Å². The van der Waals surface area contributed by atoms with Crippen molar-refractivity contribution in [1.82, 2.24) is 13.7 Å². The molecule has 3 heterocycles. The van der Waals surface area contributed by atoms with Gasteiger partial charge in [-0.05, 0) is 42.4 Å². The number of nitrogens with one attached hydrogen (secondary N) is 1. The molecular formula is C16H22N4S. The molecule has 0 fully saturated rings. The maximum absolute atomic E-state index is 4.68. The van der Waals surface area contributed by atoms with Crippen LogP contribution in [0.2, 0.25) is 0 Å². The first kappa shape index (κ1) is 14.5. The minimum atomic E-state index is 0.943. The Morgan fingerprint density at radius 1 is 1.38 bits per heavy atom. The Balaban J connectivity index is 1.99. The van der Waals surface area contributed by atoms with Gasteiger partial charge in [0.2, 0.25) is 0 Å². The fourth-order valence-corrected chi connectivity index (χ4v) is 3.37. The second kappa shape index (κ2) is 6.12. The van der Waals surface area contributed by atoms with Gasteiger partial charge in [-0.15, -0.1) is 0 Å². The largest absolute Gasteiger partial charge is 0.373 e. The van der Waals surface area contributed by atoms with Crippen molar-refractivity contribution in [3.8, 4) is 0 Å². The molecule has 1 aliphatic rings. The number of hydrogen-bond acceptors (Lipinski definition) is 4. The third-order valence-corrected chi connectivity index (χ3v) is 4.91. The van der Waals surface area contributed by atoms with Gasteiger partial charge in [-0.1, -0.05) is 24.9 Å². The average Bonchev–Trinajstić information content (AvgIpc) is 2.91. The van der Waals surface area contributed by atoms with Crippen LogP contribution in [0.1, 0.15) is 24.6 Å². The van der Waals surface area contributed by atoms with Crippen LogP contribution in [0.15, 0.2) is 24.4 Å². The number of hydrogen-bond donors (Lipinski definition) is 1. The van der Waals surface area contributed by atoms with Gasteiger partial charge in [0.15, 0.2) is 0 Å². The first-order chi connectivity index (χ1) is 10.3. The Morgan fingerprint density at radius 2 is 2.24 bits per heavy atom. The molecule has 4 nitrogen and oxygen atoms in total. The van der Waals surface area contributed by atoms with Gasteiger partial charge in [-0.3, -0.25) is 4.40 Å². The highest BCUT2D eigenvalue weighted by molar-refractivity contribution is 7.96. The SMILES string of the molecule is CCc1nc2ccc(C3=CCN(SC)CC3)cn2c1NC. The summed E-state index contributed by atoms with van der Waals surface area (Å²) in [5.74, 6) is 1.11. The van der Waals surface area contributed by atoms with Crippen molar-refractivity contribution in [3.63, 3.8) is 0 Å². The Morgan fingerprint density at radius 3 is 2.86 bits per heavy atom. The molecule has 0 bridgehead atoms. The number of aryl methyl sites for hydroxylation is 1. The highest BCUT2D eigenvalue weighted by atomic mass is 32.2. The molecule has 1 aliphatic heterocycles. The lowest BCUT2D eigenvalue weighted by Crippen LogP contribution is -2.21. The molecule has 0 saturated carbocycles. The average molecular weight is 302 g/mol. The molecule has 2 aromatic rings. The zero-order valence-electron chi connectivity index (χ0n) is 12.9. The van der Waals surface area contributed by atoms with E-state index in [2.05, 4.69) is 56.6 Å². The third-order valence-electron chi connectivity index (χ3n) is 4.06. The molecule has 0 aromatic carbocycles. The van der Waals surface area contributed by atoms with E-state index in [-0.39, 0.29) is 0 Å². The fourth-order valence-electron chi connectivity index (χ4n) is 2.87. The van der Waals surface area contributed by atoms with Gasteiger partial charge >= 0.3 is 0 Å². The van der Waals surface area contributed by atoms with Crippen LogP contribution < -0.4 is 5.32 Å². The first-order valence-corrected chi connectivity index (χ1v) is 8.62. The van der Waals surface area contributed by atoms with Gasteiger partial charge in [-0.2, -0.15) is 0 Å². The van der Waals surface area contributed by atoms with Crippen molar-refractivity contribution in [2.45, 2.75) is 19.8 Å². The third kappa shape index (κ3) is 2.68. The van der Waals surface area contributed by atoms with Crippen LogP contribution in [0.25, 0.3) is 11.2 Å². The van der Waals surface area contributed by atoms with Crippen LogP contribution in [0.5, 0.6) is 0 Å². The minimum Gasteiger partial charge on any atom is -0.373 e. The monoisotopic (exact) mass is 302 g/mol. The molecule has 3 rings (SSSR count). The molecule has 1 N–H and O–H groups in total. The Kier molecular flexibility index (Phi) is 4.22. The van der Waals surface area contributed by atoms with E-state index in [0.29, 0.717) is 0 Å². The van der Waals surface area contributed by atoms with Crippen LogP contribution in [0, 0.1) is 0 Å². The summed E-state index contributed by atoms with van der Waals surface area (Å²) in [7, 11) is 1.96. The van der Waals surface area contributed by atoms with Gasteiger partial charge < -0.3 is 5.32 Å². The molecule has 0 aliphatic carbocycles. The predicted octanol–water partition coefficient (Wildman–Crippen LogP) is 3.31. The van der Waals surface area contributed by atoms with Gasteiger partial charge in [0.25, 0.3) is 0 Å². The number of nitrogens with zero attached hydrogens (tertiary/aromatic N) is 3. The second-order valence-electron chi connectivity index (χ2n) is 5.21. The highest BCUT2D eigenvalue weighted by Gasteiger charge is 2.14. The first-order valence-electron chi connectivity index (χ1n) is 7.44. The lowest BCUT2D eigenvalue weighted by Gasteiger charge is -2.23. The van der Waals surface area contributed by atoms with Crippen molar-refractivity contribution in [3.05, 3.63) is 35.7 Å². The van der Waals surface area contributed by atoms with Crippen molar-refractivity contribution < 1.29 is 0 Å². The van der Waals surface area contributed by atoms with E-state index in [9.17, 15) is 0 Å². The lowest BCUT2D eigenvalue weighted by atomic mass is 10.0. The van der Waals surface area contributed by atoms with E-state index in [1.807, 2.05) is 19.0 Å². The van der Waals surface area contributed by atoms with Gasteiger partial charge in [-0.25, -0.2) is 9.29 Å². The maximum Gasteiger partial charge on any atom is 0.138 e. The van der Waals surface area contributed by atoms with Crippen LogP contribution in [0.3, 0.4) is 0 Å². The zero-order chi connectivity index (χ0) is 14.8. The molecule has 0 radical (unpaired) electrons. The molecular weight excluding hydrogens is 280 g/mol. The number of fused-ring (bicyclic) bond motifs is 1. The number of imidazole rings is 1. The molecule has 0 spiro atoms. The van der Waals surface area contributed by atoms with E-state index >= 15 is 0 Å². The van der Waals surface area contributed by atoms with E-state index in [1.165, 1.54) is 11.1 Å². The van der Waals surface area contributed by atoms with Crippen molar-refractivity contribution >= 4 is 29.0 Å². The standard InChI is InChI=1S/C16H22N4S/c1-4-14-16(17-2)20-11-13(5-6-15(20)18-14)12-7-9-19(21-3)10-8-12/h5-7,11,17H,4,8-10H2,1-3H3. The van der Waals surface area contributed by atoms with Crippen LogP contribution in [-0.2, 0) is 6.42 Å². The second-order valence-corrected chi connectivity index (χ2v) is 6.09. The fraction of sp³-hybridized carbons (Fsp3) is 0.438. The summed E-state index contributed by atoms with van der Waals surface area (Å²) in [5, 5.41) is 3.29. The van der Waals surface area contributed by atoms with E-state index in [0.717, 1.165) is 43.1 Å². The zero-order valence-corrected chi connectivity index (χ0v) is 13.7. The van der Waals surface area contributed by atoms with E-state index in [1.54, 1.807) is 0 Å². The number of rotatable bonds is 4. The normalized spacial score (nSPS) is 16.2. The summed E-state index contributed by atoms with van der Waals surface area (Å²) in [6, 6.07) is 4.32. The number of anilines is 1. The lowest BCUT2D eigenvalue weighted by molar-refractivity contribution is 0.518. The molecule has 0 saturated heterocycles. The van der Waals surface area contributed by atoms with Gasteiger partial charge in [0.05, 0.1) is 5.69 Å². The summed E-state index contributed by atoms with van der Waals surface area (Å²) in [6.45, 7) is 4.29. The number of pyridine rings is 1. The predicted molar refractivity (Wildman–Crippen MR) is 91.8 cm³/mol. The Hall–Kier alpha value is -1.46. The van der Waals surface area contributed by atoms with Crippen LogP contribution in [0.4, 0.5) is 5.82 Å². The quantitative estimate of drug-likeness (QED) is 0.878. The van der Waals surface area contributed by atoms with Crippen molar-refractivity contribution in [2.24, 2.45) is 0 Å². The Labute approximate surface area is 130 Å². The van der Waals surface area contributed by atoms with Crippen molar-refractivity contribution in [2.75, 3.05) is 31.7 Å². The van der Waals surface area contributed by atoms with Gasteiger partial charge in [0.1, 0.15) is 11.5 Å². The topological polar surface area (TPSA) is 32.6 Å². The highest BCUT2D eigenvalue weighted by Crippen LogP contribution is 2.27. The molecule has 2 aromatic heterocycles. The molecule has 21 heavy (non-hydrogen) atoms. The van der Waals surface area contributed by atoms with Gasteiger partial charge in [0, 0.05) is 26.3 Å². The molecule has 5 heteroatoms. The molecule has 112 valence electrons. The van der Waals surface area contributed by atoms with E-state index < -0.39 is 0 Å².